The molecule has 168 valence electrons. The van der Waals surface area contributed by atoms with Crippen molar-refractivity contribution in [2.75, 3.05) is 52.5 Å². The summed E-state index contributed by atoms with van der Waals surface area (Å²) in [6.07, 6.45) is 5.64. The number of nitrogens with one attached hydrogen (secondary N) is 1. The molecule has 3 aromatic rings. The summed E-state index contributed by atoms with van der Waals surface area (Å²) in [5.74, 6) is 1.45. The van der Waals surface area contributed by atoms with Crippen molar-refractivity contribution in [2.24, 2.45) is 0 Å². The molecule has 3 aliphatic rings. The predicted octanol–water partition coefficient (Wildman–Crippen LogP) is 4.55. The number of hydrogen-bond acceptors (Lipinski definition) is 4. The number of benzene rings is 2. The fourth-order valence-corrected chi connectivity index (χ4v) is 5.85. The van der Waals surface area contributed by atoms with Gasteiger partial charge in [0.05, 0.1) is 19.8 Å². The lowest BCUT2D eigenvalue weighted by atomic mass is 9.81. The number of H-pyrrole nitrogens is 1. The topological polar surface area (TPSA) is 40.7 Å². The third kappa shape index (κ3) is 3.94. The molecule has 2 atom stereocenters. The van der Waals surface area contributed by atoms with Crippen molar-refractivity contribution in [3.8, 4) is 5.75 Å². The minimum atomic E-state index is 0.425. The van der Waals surface area contributed by atoms with Crippen LogP contribution in [0.2, 0.25) is 0 Å². The molecule has 0 saturated carbocycles. The van der Waals surface area contributed by atoms with Crippen LogP contribution in [0.4, 0.5) is 0 Å². The Kier molecular flexibility index (Phi) is 5.63. The number of aromatic amines is 1. The molecule has 2 aromatic carbocycles. The van der Waals surface area contributed by atoms with Gasteiger partial charge in [-0.15, -0.1) is 0 Å². The van der Waals surface area contributed by atoms with Crippen LogP contribution in [0.1, 0.15) is 47.9 Å². The first-order chi connectivity index (χ1) is 15.8. The standard InChI is InChI=1S/C27H33N3O2/c1-3-27-24-18-22(32-14-2-10-29-12-15-31-16-13-29)5-6-23(24)25(19-30(27)11-1)20-4-7-26-21(17-20)8-9-28-26/h4-9,17-18,25,27-28H,1-3,10-16,19H2/t25-,27+/m1/s1. The summed E-state index contributed by atoms with van der Waals surface area (Å²) in [7, 11) is 0. The lowest BCUT2D eigenvalue weighted by molar-refractivity contribution is 0.0358. The molecule has 0 unspecified atom stereocenters. The lowest BCUT2D eigenvalue weighted by Crippen LogP contribution is -2.37. The molecule has 0 amide bonds. The molecule has 1 aromatic heterocycles. The van der Waals surface area contributed by atoms with E-state index in [1.807, 2.05) is 6.20 Å². The van der Waals surface area contributed by atoms with E-state index in [4.69, 9.17) is 9.47 Å². The number of morpholine rings is 1. The van der Waals surface area contributed by atoms with E-state index in [9.17, 15) is 0 Å². The van der Waals surface area contributed by atoms with E-state index in [1.165, 1.54) is 47.0 Å². The third-order valence-electron chi connectivity index (χ3n) is 7.54. The van der Waals surface area contributed by atoms with Gasteiger partial charge < -0.3 is 14.5 Å². The molecule has 0 spiro atoms. The molecule has 2 fully saturated rings. The van der Waals surface area contributed by atoms with Crippen LogP contribution in [0.5, 0.6) is 5.75 Å². The second kappa shape index (κ2) is 8.89. The van der Waals surface area contributed by atoms with Crippen molar-refractivity contribution in [1.82, 2.24) is 14.8 Å². The molecule has 6 rings (SSSR count). The molecular weight excluding hydrogens is 398 g/mol. The maximum absolute atomic E-state index is 6.22. The van der Waals surface area contributed by atoms with Gasteiger partial charge >= 0.3 is 0 Å². The van der Waals surface area contributed by atoms with Gasteiger partial charge in [-0.1, -0.05) is 12.1 Å². The first-order valence-corrected chi connectivity index (χ1v) is 12.2. The Hall–Kier alpha value is -2.34. The Morgan fingerprint density at radius 3 is 2.88 bits per heavy atom. The van der Waals surface area contributed by atoms with Crippen LogP contribution in [0.25, 0.3) is 10.9 Å². The van der Waals surface area contributed by atoms with Crippen molar-refractivity contribution in [2.45, 2.75) is 31.2 Å². The highest BCUT2D eigenvalue weighted by Crippen LogP contribution is 2.45. The minimum Gasteiger partial charge on any atom is -0.494 e. The van der Waals surface area contributed by atoms with Crippen molar-refractivity contribution in [3.05, 3.63) is 65.4 Å². The zero-order valence-electron chi connectivity index (χ0n) is 18.8. The average Bonchev–Trinajstić information content (AvgIpc) is 3.51. The molecule has 0 radical (unpaired) electrons. The van der Waals surface area contributed by atoms with Crippen molar-refractivity contribution >= 4 is 10.9 Å². The summed E-state index contributed by atoms with van der Waals surface area (Å²) < 4.78 is 11.7. The summed E-state index contributed by atoms with van der Waals surface area (Å²) in [5, 5.41) is 1.30. The maximum Gasteiger partial charge on any atom is 0.119 e. The van der Waals surface area contributed by atoms with Gasteiger partial charge in [0.15, 0.2) is 0 Å². The van der Waals surface area contributed by atoms with Gasteiger partial charge in [0, 0.05) is 49.9 Å². The summed E-state index contributed by atoms with van der Waals surface area (Å²) >= 11 is 0. The Labute approximate surface area is 190 Å². The van der Waals surface area contributed by atoms with Crippen LogP contribution < -0.4 is 4.74 Å². The van der Waals surface area contributed by atoms with E-state index in [2.05, 4.69) is 57.2 Å². The summed E-state index contributed by atoms with van der Waals surface area (Å²) in [4.78, 5) is 8.49. The Morgan fingerprint density at radius 2 is 1.94 bits per heavy atom. The van der Waals surface area contributed by atoms with E-state index >= 15 is 0 Å². The van der Waals surface area contributed by atoms with Crippen LogP contribution in [-0.2, 0) is 4.74 Å². The number of fused-ring (bicyclic) bond motifs is 4. The highest BCUT2D eigenvalue weighted by atomic mass is 16.5. The van der Waals surface area contributed by atoms with Crippen LogP contribution in [0.15, 0.2) is 48.7 Å². The molecule has 3 aliphatic heterocycles. The van der Waals surface area contributed by atoms with E-state index in [-0.39, 0.29) is 0 Å². The quantitative estimate of drug-likeness (QED) is 0.582. The lowest BCUT2D eigenvalue weighted by Gasteiger charge is -2.37. The Bertz CT molecular complexity index is 1070. The Morgan fingerprint density at radius 1 is 1.00 bits per heavy atom. The minimum absolute atomic E-state index is 0.425. The van der Waals surface area contributed by atoms with Gasteiger partial charge in [-0.05, 0) is 78.2 Å². The van der Waals surface area contributed by atoms with Crippen molar-refractivity contribution in [3.63, 3.8) is 0 Å². The van der Waals surface area contributed by atoms with E-state index in [0.29, 0.717) is 12.0 Å². The summed E-state index contributed by atoms with van der Waals surface area (Å²) in [5.41, 5.74) is 5.61. The average molecular weight is 432 g/mol. The third-order valence-corrected chi connectivity index (χ3v) is 7.54. The summed E-state index contributed by atoms with van der Waals surface area (Å²) in [6, 6.07) is 16.5. The number of nitrogens with zero attached hydrogens (tertiary/aromatic N) is 2. The molecule has 5 heteroatoms. The van der Waals surface area contributed by atoms with E-state index in [1.54, 1.807) is 0 Å². The molecule has 1 N–H and O–H groups in total. The fourth-order valence-electron chi connectivity index (χ4n) is 5.85. The first kappa shape index (κ1) is 20.3. The molecule has 0 aliphatic carbocycles. The number of ether oxygens (including phenoxy) is 2. The van der Waals surface area contributed by atoms with Crippen LogP contribution in [0, 0.1) is 0 Å². The molecular formula is C27H33N3O2. The second-order valence-electron chi connectivity index (χ2n) is 9.48. The largest absolute Gasteiger partial charge is 0.494 e. The zero-order chi connectivity index (χ0) is 21.3. The van der Waals surface area contributed by atoms with Crippen LogP contribution in [0.3, 0.4) is 0 Å². The molecule has 5 nitrogen and oxygen atoms in total. The molecule has 2 saturated heterocycles. The van der Waals surface area contributed by atoms with Crippen molar-refractivity contribution in [1.29, 1.82) is 0 Å². The van der Waals surface area contributed by atoms with Crippen LogP contribution >= 0.6 is 0 Å². The fraction of sp³-hybridized carbons (Fsp3) is 0.481. The van der Waals surface area contributed by atoms with Crippen molar-refractivity contribution < 1.29 is 9.47 Å². The monoisotopic (exact) mass is 431 g/mol. The SMILES string of the molecule is c1cc2cc([C@H]3CN4CCC[C@H]4c4cc(OCCCN5CCOCC5)ccc43)ccc2[nH]1. The molecule has 32 heavy (non-hydrogen) atoms. The van der Waals surface area contributed by atoms with Gasteiger partial charge in [0.25, 0.3) is 0 Å². The molecule has 4 heterocycles. The number of hydrogen-bond donors (Lipinski definition) is 1. The smallest absolute Gasteiger partial charge is 0.119 e. The van der Waals surface area contributed by atoms with Gasteiger partial charge in [0.2, 0.25) is 0 Å². The highest BCUT2D eigenvalue weighted by Gasteiger charge is 2.36. The number of aromatic nitrogens is 1. The van der Waals surface area contributed by atoms with E-state index in [0.717, 1.165) is 58.2 Å². The molecule has 0 bridgehead atoms. The highest BCUT2D eigenvalue weighted by molar-refractivity contribution is 5.80. The normalized spacial score (nSPS) is 23.9. The van der Waals surface area contributed by atoms with Gasteiger partial charge in [-0.2, -0.15) is 0 Å². The van der Waals surface area contributed by atoms with Gasteiger partial charge in [0.1, 0.15) is 5.75 Å². The first-order valence-electron chi connectivity index (χ1n) is 12.2. The number of rotatable bonds is 6. The zero-order valence-corrected chi connectivity index (χ0v) is 18.8. The van der Waals surface area contributed by atoms with E-state index < -0.39 is 0 Å². The van der Waals surface area contributed by atoms with Crippen LogP contribution in [-0.4, -0.2) is 67.3 Å². The maximum atomic E-state index is 6.22. The predicted molar refractivity (Wildman–Crippen MR) is 128 cm³/mol. The van der Waals surface area contributed by atoms with Gasteiger partial charge in [-0.25, -0.2) is 0 Å². The van der Waals surface area contributed by atoms with Gasteiger partial charge in [-0.3, -0.25) is 9.80 Å². The Balaban J connectivity index is 1.20. The second-order valence-corrected chi connectivity index (χ2v) is 9.48. The summed E-state index contributed by atoms with van der Waals surface area (Å²) in [6.45, 7) is 8.01.